The Kier molecular flexibility index (Phi) is 4.71. The normalized spacial score (nSPS) is 12.5. The first-order chi connectivity index (χ1) is 11.1. The lowest BCUT2D eigenvalue weighted by molar-refractivity contribution is 0.627. The Balaban J connectivity index is 1.72. The maximum Gasteiger partial charge on any atom is 0.203 e. The van der Waals surface area contributed by atoms with Crippen LogP contribution in [0.2, 0.25) is 0 Å². The zero-order valence-electron chi connectivity index (χ0n) is 13.6. The highest BCUT2D eigenvalue weighted by molar-refractivity contribution is 7.09. The highest BCUT2D eigenvalue weighted by Gasteiger charge is 2.11. The van der Waals surface area contributed by atoms with Gasteiger partial charge in [-0.15, -0.1) is 0 Å². The molecule has 5 nitrogen and oxygen atoms in total. The Hall–Kier alpha value is -2.21. The minimum atomic E-state index is 0.165. The van der Waals surface area contributed by atoms with Crippen LogP contribution in [-0.2, 0) is 6.42 Å². The zero-order valence-corrected chi connectivity index (χ0v) is 14.4. The molecule has 3 aromatic rings. The summed E-state index contributed by atoms with van der Waals surface area (Å²) in [4.78, 5) is 8.67. The highest BCUT2D eigenvalue weighted by Crippen LogP contribution is 2.23. The van der Waals surface area contributed by atoms with Crippen molar-refractivity contribution in [1.82, 2.24) is 18.9 Å². The molecule has 2 aromatic heterocycles. The lowest BCUT2D eigenvalue weighted by atomic mass is 10.1. The van der Waals surface area contributed by atoms with Gasteiger partial charge < -0.3 is 9.88 Å². The molecule has 0 radical (unpaired) electrons. The fraction of sp³-hybridized carbons (Fsp3) is 0.353. The number of aromatic nitrogens is 4. The van der Waals surface area contributed by atoms with Crippen LogP contribution in [0.4, 0.5) is 5.13 Å². The summed E-state index contributed by atoms with van der Waals surface area (Å²) in [6, 6.07) is 8.58. The van der Waals surface area contributed by atoms with Crippen LogP contribution in [0.3, 0.4) is 0 Å². The third-order valence-corrected chi connectivity index (χ3v) is 4.26. The topological polar surface area (TPSA) is 55.6 Å². The van der Waals surface area contributed by atoms with Crippen LogP contribution in [0.25, 0.3) is 5.69 Å². The van der Waals surface area contributed by atoms with Crippen LogP contribution in [0.1, 0.15) is 38.2 Å². The first-order valence-corrected chi connectivity index (χ1v) is 8.56. The number of nitrogens with one attached hydrogen (secondary N) is 1. The van der Waals surface area contributed by atoms with Crippen molar-refractivity contribution in [2.45, 2.75) is 33.2 Å². The largest absolute Gasteiger partial charge is 0.354 e. The van der Waals surface area contributed by atoms with Gasteiger partial charge in [-0.05, 0) is 30.5 Å². The van der Waals surface area contributed by atoms with Gasteiger partial charge in [-0.25, -0.2) is 9.97 Å². The second kappa shape index (κ2) is 6.91. The smallest absolute Gasteiger partial charge is 0.203 e. The predicted octanol–water partition coefficient (Wildman–Crippen LogP) is 4.10. The highest BCUT2D eigenvalue weighted by atomic mass is 32.1. The molecule has 0 aliphatic carbocycles. The molecule has 120 valence electrons. The second-order valence-electron chi connectivity index (χ2n) is 6.04. The Morgan fingerprint density at radius 3 is 2.87 bits per heavy atom. The van der Waals surface area contributed by atoms with Crippen molar-refractivity contribution >= 4 is 16.7 Å². The molecule has 0 spiro atoms. The number of hydrogen-bond acceptors (Lipinski definition) is 5. The van der Waals surface area contributed by atoms with E-state index >= 15 is 0 Å². The average molecular weight is 327 g/mol. The molecular weight excluding hydrogens is 306 g/mol. The van der Waals surface area contributed by atoms with E-state index in [1.807, 2.05) is 10.8 Å². The maximum absolute atomic E-state index is 4.57. The first-order valence-electron chi connectivity index (χ1n) is 7.79. The van der Waals surface area contributed by atoms with Crippen LogP contribution in [-0.4, -0.2) is 18.9 Å². The minimum Gasteiger partial charge on any atom is -0.354 e. The first kappa shape index (κ1) is 15.7. The van der Waals surface area contributed by atoms with Gasteiger partial charge in [-0.2, -0.15) is 4.37 Å². The van der Waals surface area contributed by atoms with Crippen LogP contribution in [0.15, 0.2) is 43.0 Å². The quantitative estimate of drug-likeness (QED) is 0.741. The molecule has 0 amide bonds. The lowest BCUT2D eigenvalue weighted by Crippen LogP contribution is -2.07. The molecular formula is C17H21N5S. The molecule has 2 heterocycles. The predicted molar refractivity (Wildman–Crippen MR) is 94.1 cm³/mol. The molecule has 1 unspecified atom stereocenters. The fourth-order valence-electron chi connectivity index (χ4n) is 2.40. The van der Waals surface area contributed by atoms with Crippen LogP contribution in [0, 0.1) is 5.92 Å². The van der Waals surface area contributed by atoms with E-state index in [-0.39, 0.29) is 6.04 Å². The van der Waals surface area contributed by atoms with Gasteiger partial charge in [0.05, 0.1) is 12.4 Å². The molecule has 0 fully saturated rings. The molecule has 3 rings (SSSR count). The molecule has 1 atom stereocenters. The Morgan fingerprint density at radius 2 is 2.13 bits per heavy atom. The van der Waals surface area contributed by atoms with Gasteiger partial charge in [0.1, 0.15) is 5.82 Å². The third-order valence-electron chi connectivity index (χ3n) is 3.57. The number of nitrogens with zero attached hydrogens (tertiary/aromatic N) is 4. The summed E-state index contributed by atoms with van der Waals surface area (Å²) in [7, 11) is 0. The maximum atomic E-state index is 4.57. The summed E-state index contributed by atoms with van der Waals surface area (Å²) in [5.41, 5.74) is 2.31. The van der Waals surface area contributed by atoms with Crippen molar-refractivity contribution in [3.05, 3.63) is 54.4 Å². The molecule has 1 N–H and O–H groups in total. The number of imidazole rings is 1. The lowest BCUT2D eigenvalue weighted by Gasteiger charge is -2.14. The molecule has 0 aliphatic rings. The van der Waals surface area contributed by atoms with Gasteiger partial charge >= 0.3 is 0 Å². The molecule has 0 bridgehead atoms. The summed E-state index contributed by atoms with van der Waals surface area (Å²) < 4.78 is 6.42. The van der Waals surface area contributed by atoms with Crippen molar-refractivity contribution < 1.29 is 0 Å². The molecule has 0 saturated carbocycles. The van der Waals surface area contributed by atoms with Crippen molar-refractivity contribution in [2.75, 3.05) is 5.32 Å². The third kappa shape index (κ3) is 3.96. The average Bonchev–Trinajstić information content (AvgIpc) is 3.19. The molecule has 0 aliphatic heterocycles. The van der Waals surface area contributed by atoms with Gasteiger partial charge in [0.2, 0.25) is 5.13 Å². The van der Waals surface area contributed by atoms with Crippen molar-refractivity contribution in [2.24, 2.45) is 5.92 Å². The van der Waals surface area contributed by atoms with Crippen LogP contribution >= 0.6 is 11.5 Å². The van der Waals surface area contributed by atoms with Crippen molar-refractivity contribution in [3.8, 4) is 5.69 Å². The Labute approximate surface area is 140 Å². The van der Waals surface area contributed by atoms with E-state index in [0.717, 1.165) is 23.1 Å². The monoisotopic (exact) mass is 327 g/mol. The van der Waals surface area contributed by atoms with Crippen LogP contribution < -0.4 is 5.32 Å². The van der Waals surface area contributed by atoms with E-state index in [4.69, 9.17) is 0 Å². The SMILES string of the molecule is CC(C)Cc1nsc(NC(C)c2cccc(-n3ccnc3)c2)n1. The summed E-state index contributed by atoms with van der Waals surface area (Å²) in [5, 5.41) is 4.32. The number of benzene rings is 1. The molecule has 6 heteroatoms. The van der Waals surface area contributed by atoms with E-state index in [2.05, 4.69) is 64.7 Å². The number of anilines is 1. The zero-order chi connectivity index (χ0) is 16.2. The fourth-order valence-corrected chi connectivity index (χ4v) is 3.08. The van der Waals surface area contributed by atoms with Gasteiger partial charge in [-0.3, -0.25) is 0 Å². The van der Waals surface area contributed by atoms with Gasteiger partial charge in [-0.1, -0.05) is 26.0 Å². The summed E-state index contributed by atoms with van der Waals surface area (Å²) in [5.74, 6) is 1.49. The number of rotatable bonds is 6. The molecule has 0 saturated heterocycles. The van der Waals surface area contributed by atoms with Gasteiger partial charge in [0, 0.05) is 36.0 Å². The summed E-state index contributed by atoms with van der Waals surface area (Å²) in [6.07, 6.45) is 6.45. The summed E-state index contributed by atoms with van der Waals surface area (Å²) >= 11 is 1.43. The van der Waals surface area contributed by atoms with E-state index in [0.29, 0.717) is 5.92 Å². The minimum absolute atomic E-state index is 0.165. The van der Waals surface area contributed by atoms with Crippen LogP contribution in [0.5, 0.6) is 0 Å². The standard InChI is InChI=1S/C17H21N5S/c1-12(2)9-16-20-17(23-21-16)19-13(3)14-5-4-6-15(10-14)22-8-7-18-11-22/h4-8,10-13H,9H2,1-3H3,(H,19,20,21). The molecule has 1 aromatic carbocycles. The van der Waals surface area contributed by atoms with E-state index < -0.39 is 0 Å². The number of hydrogen-bond donors (Lipinski definition) is 1. The van der Waals surface area contributed by atoms with E-state index in [1.54, 1.807) is 12.5 Å². The Morgan fingerprint density at radius 1 is 1.26 bits per heavy atom. The summed E-state index contributed by atoms with van der Waals surface area (Å²) in [6.45, 7) is 6.49. The second-order valence-corrected chi connectivity index (χ2v) is 6.80. The van der Waals surface area contributed by atoms with E-state index in [9.17, 15) is 0 Å². The van der Waals surface area contributed by atoms with Gasteiger partial charge in [0.15, 0.2) is 0 Å². The van der Waals surface area contributed by atoms with Crippen molar-refractivity contribution in [1.29, 1.82) is 0 Å². The van der Waals surface area contributed by atoms with E-state index in [1.165, 1.54) is 17.1 Å². The Bertz CT molecular complexity index is 748. The van der Waals surface area contributed by atoms with Crippen molar-refractivity contribution in [3.63, 3.8) is 0 Å². The molecule has 23 heavy (non-hydrogen) atoms. The van der Waals surface area contributed by atoms with Gasteiger partial charge in [0.25, 0.3) is 0 Å².